The predicted molar refractivity (Wildman–Crippen MR) is 134 cm³/mol. The van der Waals surface area contributed by atoms with Crippen LogP contribution >= 0.6 is 0 Å². The van der Waals surface area contributed by atoms with Crippen molar-refractivity contribution < 1.29 is 31.3 Å². The van der Waals surface area contributed by atoms with Gasteiger partial charge in [0.1, 0.15) is 44.9 Å². The summed E-state index contributed by atoms with van der Waals surface area (Å²) in [5.74, 6) is -5.18. The fourth-order valence-electron chi connectivity index (χ4n) is 4.31. The van der Waals surface area contributed by atoms with Crippen LogP contribution in [0, 0.1) is 5.82 Å². The van der Waals surface area contributed by atoms with Gasteiger partial charge in [-0.2, -0.15) is 8.78 Å². The number of carbonyl (C=O) groups excluding carboxylic acids is 1. The van der Waals surface area contributed by atoms with Crippen LogP contribution in [0.25, 0.3) is 0 Å². The van der Waals surface area contributed by atoms with Crippen molar-refractivity contribution in [1.82, 2.24) is 9.97 Å². The van der Waals surface area contributed by atoms with Crippen molar-refractivity contribution in [3.63, 3.8) is 0 Å². The number of nitrogens with one attached hydrogen (secondary N) is 1. The van der Waals surface area contributed by atoms with Gasteiger partial charge in [-0.3, -0.25) is 9.79 Å². The Hall–Kier alpha value is -3.29. The summed E-state index contributed by atoms with van der Waals surface area (Å²) in [6.07, 6.45) is -0.0761. The Morgan fingerprint density at radius 2 is 2.03 bits per heavy atom. The minimum atomic E-state index is -3.68. The van der Waals surface area contributed by atoms with E-state index in [0.29, 0.717) is 13.0 Å². The lowest BCUT2D eigenvalue weighted by atomic mass is 9.96. The number of carbonyl (C=O) groups is 1. The van der Waals surface area contributed by atoms with Gasteiger partial charge >= 0.3 is 5.92 Å². The summed E-state index contributed by atoms with van der Waals surface area (Å²) in [4.78, 5) is 25.3. The number of rotatable bonds is 7. The van der Waals surface area contributed by atoms with Crippen molar-refractivity contribution in [2.75, 3.05) is 24.2 Å². The minimum absolute atomic E-state index is 0.0241. The zero-order chi connectivity index (χ0) is 27.9. The number of fused-ring (bicyclic) bond motifs is 1. The maximum Gasteiger partial charge on any atom is 0.311 e. The number of ether oxygens (including phenoxy) is 1. The van der Waals surface area contributed by atoms with Gasteiger partial charge in [0.15, 0.2) is 12.8 Å². The number of anilines is 1. The van der Waals surface area contributed by atoms with Crippen LogP contribution in [-0.4, -0.2) is 61.7 Å². The number of aliphatic imine (C=N–C) groups is 1. The third-order valence-electron chi connectivity index (χ3n) is 6.78. The number of nitrogens with zero attached hydrogens (tertiary/aromatic N) is 4. The number of pyridine rings is 2. The lowest BCUT2D eigenvalue weighted by Gasteiger charge is -2.43. The Bertz CT molecular complexity index is 1390. The molecule has 4 rings (SSSR count). The smallest absolute Gasteiger partial charge is 0.311 e. The molecule has 38 heavy (non-hydrogen) atoms. The van der Waals surface area contributed by atoms with Crippen LogP contribution in [0.15, 0.2) is 39.8 Å². The Balaban J connectivity index is 1.54. The number of aromatic nitrogens is 2. The summed E-state index contributed by atoms with van der Waals surface area (Å²) in [6, 6.07) is 4.79. The lowest BCUT2D eigenvalue weighted by Crippen LogP contribution is -2.57. The van der Waals surface area contributed by atoms with Crippen LogP contribution in [0.5, 0.6) is 5.75 Å². The van der Waals surface area contributed by atoms with Crippen molar-refractivity contribution in [3.05, 3.63) is 47.7 Å². The molecule has 206 valence electrons. The van der Waals surface area contributed by atoms with Gasteiger partial charge < -0.3 is 15.8 Å². The quantitative estimate of drug-likeness (QED) is 0.498. The monoisotopic (exact) mass is 556 g/mol. The van der Waals surface area contributed by atoms with Crippen LogP contribution in [0.3, 0.4) is 0 Å². The molecule has 9 nitrogen and oxygen atoms in total. The van der Waals surface area contributed by atoms with E-state index in [-0.39, 0.29) is 34.5 Å². The SMILES string of the molecule is CC(F)C(F)(F)COc1ccc(C(=O)Nc2ccc(F)c([C@]3(C)C[S@]4(=O)=NCCC[C@]4(C)C(N)=N3)n2)nc1. The molecule has 0 aromatic carbocycles. The van der Waals surface area contributed by atoms with Gasteiger partial charge in [0.05, 0.1) is 21.7 Å². The Labute approximate surface area is 217 Å². The standard InChI is InChI=1S/C24H28F4N6O3S/c1-14(25)24(27,28)12-37-15-5-7-17(30-11-15)20(35)33-18-8-6-16(26)19(32-18)22(2)13-38(36)23(3,21(29)34-22)9-4-10-31-38/h5-8,11,14H,4,9-10,12-13H2,1-3H3,(H2,29,34)(H,32,33,35)/t14?,22-,23+,38+/m0/s1. The first-order chi connectivity index (χ1) is 17.7. The number of alkyl halides is 3. The summed E-state index contributed by atoms with van der Waals surface area (Å²) >= 11 is 0. The van der Waals surface area contributed by atoms with Crippen molar-refractivity contribution in [1.29, 1.82) is 0 Å². The Kier molecular flexibility index (Phi) is 7.14. The first kappa shape index (κ1) is 27.7. The second kappa shape index (κ2) is 9.79. The normalized spacial score (nSPS) is 27.9. The van der Waals surface area contributed by atoms with Crippen LogP contribution < -0.4 is 15.8 Å². The van der Waals surface area contributed by atoms with E-state index < -0.39 is 50.4 Å². The summed E-state index contributed by atoms with van der Waals surface area (Å²) < 4.78 is 76.8. The highest BCUT2D eigenvalue weighted by molar-refractivity contribution is 7.95. The molecular formula is C24H28F4N6O3S. The highest BCUT2D eigenvalue weighted by atomic mass is 32.2. The van der Waals surface area contributed by atoms with Gasteiger partial charge in [0.2, 0.25) is 0 Å². The van der Waals surface area contributed by atoms with E-state index in [2.05, 4.69) is 24.6 Å². The second-order valence-corrected chi connectivity index (χ2v) is 12.5. The van der Waals surface area contributed by atoms with Crippen LogP contribution in [0.1, 0.15) is 49.8 Å². The average Bonchev–Trinajstić information content (AvgIpc) is 2.85. The molecule has 0 saturated heterocycles. The van der Waals surface area contributed by atoms with Gasteiger partial charge in [0.25, 0.3) is 5.91 Å². The van der Waals surface area contributed by atoms with Crippen molar-refractivity contribution in [2.24, 2.45) is 15.1 Å². The third kappa shape index (κ3) is 5.05. The van der Waals surface area contributed by atoms with Crippen molar-refractivity contribution >= 4 is 27.3 Å². The molecule has 2 aromatic heterocycles. The zero-order valence-corrected chi connectivity index (χ0v) is 21.8. The topological polar surface area (TPSA) is 132 Å². The molecule has 0 saturated carbocycles. The van der Waals surface area contributed by atoms with Gasteiger partial charge in [-0.05, 0) is 57.9 Å². The molecular weight excluding hydrogens is 528 g/mol. The van der Waals surface area contributed by atoms with Crippen molar-refractivity contribution in [3.8, 4) is 5.75 Å². The third-order valence-corrected chi connectivity index (χ3v) is 10.2. The van der Waals surface area contributed by atoms with Crippen LogP contribution in [0.4, 0.5) is 23.4 Å². The molecule has 3 N–H and O–H groups in total. The second-order valence-electron chi connectivity index (χ2n) is 9.77. The van der Waals surface area contributed by atoms with Gasteiger partial charge in [0, 0.05) is 6.54 Å². The molecule has 0 aliphatic carbocycles. The molecule has 0 radical (unpaired) electrons. The van der Waals surface area contributed by atoms with E-state index in [0.717, 1.165) is 25.6 Å². The molecule has 0 bridgehead atoms. The maximum atomic E-state index is 15.0. The molecule has 2 aliphatic heterocycles. The summed E-state index contributed by atoms with van der Waals surface area (Å²) in [5.41, 5.74) is 4.61. The summed E-state index contributed by atoms with van der Waals surface area (Å²) in [5, 5.41) is 2.49. The molecule has 0 spiro atoms. The Morgan fingerprint density at radius 3 is 2.68 bits per heavy atom. The van der Waals surface area contributed by atoms with E-state index in [4.69, 9.17) is 10.5 Å². The van der Waals surface area contributed by atoms with E-state index in [9.17, 15) is 26.6 Å². The zero-order valence-electron chi connectivity index (χ0n) is 21.0. The summed E-state index contributed by atoms with van der Waals surface area (Å²) in [7, 11) is -2.87. The number of halogens is 4. The van der Waals surface area contributed by atoms with Gasteiger partial charge in [-0.25, -0.2) is 27.3 Å². The molecule has 2 aromatic rings. The maximum absolute atomic E-state index is 15.0. The van der Waals surface area contributed by atoms with Crippen LogP contribution in [-0.2, 0) is 15.3 Å². The van der Waals surface area contributed by atoms with Crippen molar-refractivity contribution in [2.45, 2.75) is 56.0 Å². The fourth-order valence-corrected chi connectivity index (χ4v) is 7.23. The number of hydrogen-bond acceptors (Lipinski definition) is 8. The predicted octanol–water partition coefficient (Wildman–Crippen LogP) is 3.85. The molecule has 1 amide bonds. The number of hydrogen-bond donors (Lipinski definition) is 2. The van der Waals surface area contributed by atoms with Gasteiger partial charge in [-0.1, -0.05) is 0 Å². The minimum Gasteiger partial charge on any atom is -0.486 e. The van der Waals surface area contributed by atoms with E-state index in [1.54, 1.807) is 13.8 Å². The molecule has 0 fully saturated rings. The molecule has 4 atom stereocenters. The molecule has 14 heteroatoms. The Morgan fingerprint density at radius 1 is 1.29 bits per heavy atom. The molecule has 4 heterocycles. The highest BCUT2D eigenvalue weighted by Gasteiger charge is 2.52. The van der Waals surface area contributed by atoms with Gasteiger partial charge in [-0.15, -0.1) is 0 Å². The lowest BCUT2D eigenvalue weighted by molar-refractivity contribution is -0.0941. The molecule has 2 aliphatic rings. The first-order valence-corrected chi connectivity index (χ1v) is 13.5. The average molecular weight is 557 g/mol. The summed E-state index contributed by atoms with van der Waals surface area (Å²) in [6.45, 7) is 3.28. The molecule has 1 unspecified atom stereocenters. The van der Waals surface area contributed by atoms with E-state index in [1.165, 1.54) is 18.2 Å². The van der Waals surface area contributed by atoms with Crippen LogP contribution in [0.2, 0.25) is 0 Å². The largest absolute Gasteiger partial charge is 0.486 e. The number of amidine groups is 1. The van der Waals surface area contributed by atoms with E-state index in [1.807, 2.05) is 0 Å². The first-order valence-electron chi connectivity index (χ1n) is 11.8. The fraction of sp³-hybridized carbons (Fsp3) is 0.500. The number of amides is 1. The highest BCUT2D eigenvalue weighted by Crippen LogP contribution is 2.42. The van der Waals surface area contributed by atoms with E-state index >= 15 is 0 Å². The number of nitrogens with two attached hydrogens (primary N) is 1.